The van der Waals surface area contributed by atoms with Crippen molar-refractivity contribution in [1.29, 1.82) is 0 Å². The lowest BCUT2D eigenvalue weighted by Crippen LogP contribution is -2.54. The van der Waals surface area contributed by atoms with Gasteiger partial charge in [-0.05, 0) is 32.7 Å². The summed E-state index contributed by atoms with van der Waals surface area (Å²) in [4.78, 5) is 45.5. The molecule has 0 aromatic heterocycles. The zero-order chi connectivity index (χ0) is 18.7. The number of carboxylic acids is 2. The van der Waals surface area contributed by atoms with Crippen molar-refractivity contribution < 1.29 is 29.4 Å². The van der Waals surface area contributed by atoms with Crippen LogP contribution in [0.3, 0.4) is 0 Å². The fourth-order valence-corrected chi connectivity index (χ4v) is 1.83. The Hall–Kier alpha value is -2.20. The quantitative estimate of drug-likeness (QED) is 0.228. The number of rotatable bonds is 12. The van der Waals surface area contributed by atoms with E-state index in [1.807, 2.05) is 0 Å². The van der Waals surface area contributed by atoms with Crippen molar-refractivity contribution in [2.75, 3.05) is 6.54 Å². The normalized spacial score (nSPS) is 14.3. The lowest BCUT2D eigenvalue weighted by molar-refractivity contribution is -0.142. The molecule has 8 N–H and O–H groups in total. The molecule has 0 rings (SSSR count). The van der Waals surface area contributed by atoms with Crippen LogP contribution in [0.1, 0.15) is 39.0 Å². The molecule has 10 nitrogen and oxygen atoms in total. The van der Waals surface area contributed by atoms with E-state index >= 15 is 0 Å². The number of aliphatic carboxylic acids is 2. The third kappa shape index (κ3) is 9.06. The maximum atomic E-state index is 12.0. The minimum atomic E-state index is -1.25. The molecule has 0 aliphatic rings. The van der Waals surface area contributed by atoms with Crippen molar-refractivity contribution in [1.82, 2.24) is 10.6 Å². The molecule has 0 spiro atoms. The van der Waals surface area contributed by atoms with Crippen molar-refractivity contribution >= 4 is 23.8 Å². The molecule has 0 aromatic rings. The molecule has 138 valence electrons. The van der Waals surface area contributed by atoms with Crippen molar-refractivity contribution in [2.45, 2.75) is 57.2 Å². The SMILES string of the molecule is CC(NC(=O)C(CCC(=O)O)NC(=O)C(N)CCCCN)C(=O)O. The summed E-state index contributed by atoms with van der Waals surface area (Å²) in [6.45, 7) is 1.74. The first kappa shape index (κ1) is 21.8. The number of nitrogens with one attached hydrogen (secondary N) is 2. The number of unbranched alkanes of at least 4 members (excludes halogenated alkanes) is 1. The average Bonchev–Trinajstić information content (AvgIpc) is 2.50. The first-order chi connectivity index (χ1) is 11.2. The molecule has 24 heavy (non-hydrogen) atoms. The van der Waals surface area contributed by atoms with E-state index in [4.69, 9.17) is 21.7 Å². The molecule has 3 unspecified atom stereocenters. The maximum Gasteiger partial charge on any atom is 0.325 e. The Labute approximate surface area is 139 Å². The third-order valence-corrected chi connectivity index (χ3v) is 3.32. The summed E-state index contributed by atoms with van der Waals surface area (Å²) >= 11 is 0. The smallest absolute Gasteiger partial charge is 0.325 e. The molecule has 3 atom stereocenters. The van der Waals surface area contributed by atoms with Crippen LogP contribution in [0, 0.1) is 0 Å². The second kappa shape index (κ2) is 11.4. The minimum Gasteiger partial charge on any atom is -0.481 e. The second-order valence-corrected chi connectivity index (χ2v) is 5.45. The lowest BCUT2D eigenvalue weighted by Gasteiger charge is -2.21. The van der Waals surface area contributed by atoms with Gasteiger partial charge in [0, 0.05) is 6.42 Å². The van der Waals surface area contributed by atoms with Gasteiger partial charge in [0.05, 0.1) is 6.04 Å². The molecule has 0 aromatic carbocycles. The van der Waals surface area contributed by atoms with E-state index in [-0.39, 0.29) is 12.8 Å². The number of hydrogen-bond donors (Lipinski definition) is 6. The van der Waals surface area contributed by atoms with Crippen LogP contribution in [-0.2, 0) is 19.2 Å². The highest BCUT2D eigenvalue weighted by atomic mass is 16.4. The van der Waals surface area contributed by atoms with E-state index in [2.05, 4.69) is 10.6 Å². The standard InChI is InChI=1S/C14H26N4O6/c1-8(14(23)24)17-13(22)10(5-6-11(19)20)18-12(21)9(16)4-2-3-7-15/h8-10H,2-7,15-16H2,1H3,(H,17,22)(H,18,21)(H,19,20)(H,23,24). The Morgan fingerprint density at radius 2 is 1.62 bits per heavy atom. The molecule has 0 aliphatic carbocycles. The van der Waals surface area contributed by atoms with Gasteiger partial charge >= 0.3 is 11.9 Å². The molecular formula is C14H26N4O6. The molecule has 2 amide bonds. The highest BCUT2D eigenvalue weighted by Crippen LogP contribution is 2.03. The van der Waals surface area contributed by atoms with Crippen LogP contribution in [-0.4, -0.2) is 58.6 Å². The zero-order valence-electron chi connectivity index (χ0n) is 13.7. The number of carbonyl (C=O) groups is 4. The van der Waals surface area contributed by atoms with E-state index in [0.717, 1.165) is 0 Å². The number of hydrogen-bond acceptors (Lipinski definition) is 6. The van der Waals surface area contributed by atoms with Crippen LogP contribution < -0.4 is 22.1 Å². The van der Waals surface area contributed by atoms with E-state index in [9.17, 15) is 19.2 Å². The van der Waals surface area contributed by atoms with Gasteiger partial charge in [-0.1, -0.05) is 6.42 Å². The number of carbonyl (C=O) groups excluding carboxylic acids is 2. The highest BCUT2D eigenvalue weighted by Gasteiger charge is 2.26. The summed E-state index contributed by atoms with van der Waals surface area (Å²) in [6, 6.07) is -3.19. The Bertz CT molecular complexity index is 457. The molecule has 10 heteroatoms. The second-order valence-electron chi connectivity index (χ2n) is 5.45. The van der Waals surface area contributed by atoms with Gasteiger partial charge in [-0.2, -0.15) is 0 Å². The summed E-state index contributed by atoms with van der Waals surface area (Å²) in [7, 11) is 0. The van der Waals surface area contributed by atoms with E-state index in [1.165, 1.54) is 6.92 Å². The largest absolute Gasteiger partial charge is 0.481 e. The summed E-state index contributed by atoms with van der Waals surface area (Å²) in [6.07, 6.45) is 1.20. The lowest BCUT2D eigenvalue weighted by atomic mass is 10.1. The van der Waals surface area contributed by atoms with Crippen LogP contribution >= 0.6 is 0 Å². The highest BCUT2D eigenvalue weighted by molar-refractivity contribution is 5.91. The van der Waals surface area contributed by atoms with E-state index in [0.29, 0.717) is 25.8 Å². The van der Waals surface area contributed by atoms with Gasteiger partial charge in [0.1, 0.15) is 12.1 Å². The Morgan fingerprint density at radius 3 is 2.12 bits per heavy atom. The monoisotopic (exact) mass is 346 g/mol. The van der Waals surface area contributed by atoms with Crippen LogP contribution in [0.2, 0.25) is 0 Å². The van der Waals surface area contributed by atoms with Gasteiger partial charge in [0.25, 0.3) is 0 Å². The summed E-state index contributed by atoms with van der Waals surface area (Å²) in [5, 5.41) is 22.1. The van der Waals surface area contributed by atoms with Gasteiger partial charge < -0.3 is 32.3 Å². The van der Waals surface area contributed by atoms with Crippen LogP contribution in [0.25, 0.3) is 0 Å². The van der Waals surface area contributed by atoms with Crippen LogP contribution in [0.5, 0.6) is 0 Å². The number of amides is 2. The predicted molar refractivity (Wildman–Crippen MR) is 84.9 cm³/mol. The number of nitrogens with two attached hydrogens (primary N) is 2. The van der Waals surface area contributed by atoms with Crippen molar-refractivity contribution in [3.05, 3.63) is 0 Å². The molecule has 0 bridgehead atoms. The Kier molecular flexibility index (Phi) is 10.3. The Morgan fingerprint density at radius 1 is 1.00 bits per heavy atom. The third-order valence-electron chi connectivity index (χ3n) is 3.32. The minimum absolute atomic E-state index is 0.172. The fourth-order valence-electron chi connectivity index (χ4n) is 1.83. The van der Waals surface area contributed by atoms with Crippen LogP contribution in [0.4, 0.5) is 0 Å². The molecule has 0 saturated carbocycles. The van der Waals surface area contributed by atoms with E-state index in [1.54, 1.807) is 0 Å². The van der Waals surface area contributed by atoms with Gasteiger partial charge in [-0.25, -0.2) is 0 Å². The summed E-state index contributed by atoms with van der Waals surface area (Å²) < 4.78 is 0. The maximum absolute atomic E-state index is 12.0. The molecule has 0 heterocycles. The van der Waals surface area contributed by atoms with Gasteiger partial charge in [0.15, 0.2) is 0 Å². The van der Waals surface area contributed by atoms with Gasteiger partial charge in [-0.3, -0.25) is 19.2 Å². The topological polar surface area (TPSA) is 185 Å². The van der Waals surface area contributed by atoms with Gasteiger partial charge in [-0.15, -0.1) is 0 Å². The van der Waals surface area contributed by atoms with Crippen molar-refractivity contribution in [2.24, 2.45) is 11.5 Å². The first-order valence-electron chi connectivity index (χ1n) is 7.70. The van der Waals surface area contributed by atoms with Crippen molar-refractivity contribution in [3.8, 4) is 0 Å². The Balaban J connectivity index is 4.74. The summed E-state index contributed by atoms with van der Waals surface area (Å²) in [5.41, 5.74) is 11.1. The summed E-state index contributed by atoms with van der Waals surface area (Å²) in [5.74, 6) is -3.75. The van der Waals surface area contributed by atoms with Crippen LogP contribution in [0.15, 0.2) is 0 Å². The first-order valence-corrected chi connectivity index (χ1v) is 7.70. The molecular weight excluding hydrogens is 320 g/mol. The van der Waals surface area contributed by atoms with E-state index < -0.39 is 41.9 Å². The molecule has 0 fully saturated rings. The van der Waals surface area contributed by atoms with Crippen molar-refractivity contribution in [3.63, 3.8) is 0 Å². The number of carboxylic acid groups (broad SMARTS) is 2. The predicted octanol–water partition coefficient (Wildman–Crippen LogP) is -1.62. The fraction of sp³-hybridized carbons (Fsp3) is 0.714. The van der Waals surface area contributed by atoms with Gasteiger partial charge in [0.2, 0.25) is 11.8 Å². The average molecular weight is 346 g/mol. The molecule has 0 aliphatic heterocycles. The molecule has 0 radical (unpaired) electrons. The molecule has 0 saturated heterocycles. The zero-order valence-corrected chi connectivity index (χ0v) is 13.7.